The van der Waals surface area contributed by atoms with Gasteiger partial charge in [-0.05, 0) is 30.7 Å². The standard InChI is InChI=1S/C15H13BrN2O3/c1-10-13(3-2-4-14(10)18(20)21)15(19)17-9-11-5-7-12(16)8-6-11/h2-8H,9H2,1H3,(H,17,19). The molecule has 0 spiro atoms. The summed E-state index contributed by atoms with van der Waals surface area (Å²) in [4.78, 5) is 22.5. The summed E-state index contributed by atoms with van der Waals surface area (Å²) in [5.74, 6) is -0.320. The number of carbonyl (C=O) groups is 1. The molecule has 2 aromatic rings. The maximum absolute atomic E-state index is 12.1. The molecule has 2 aromatic carbocycles. The molecule has 21 heavy (non-hydrogen) atoms. The van der Waals surface area contributed by atoms with E-state index in [0.29, 0.717) is 17.7 Å². The van der Waals surface area contributed by atoms with Crippen LogP contribution in [0.25, 0.3) is 0 Å². The van der Waals surface area contributed by atoms with E-state index in [-0.39, 0.29) is 11.6 Å². The molecule has 1 amide bonds. The van der Waals surface area contributed by atoms with E-state index in [0.717, 1.165) is 10.0 Å². The summed E-state index contributed by atoms with van der Waals surface area (Å²) in [7, 11) is 0. The first-order valence-corrected chi connectivity index (χ1v) is 7.05. The van der Waals surface area contributed by atoms with Gasteiger partial charge in [0.2, 0.25) is 0 Å². The normalized spacial score (nSPS) is 10.2. The Morgan fingerprint density at radius 3 is 2.52 bits per heavy atom. The van der Waals surface area contributed by atoms with Crippen molar-refractivity contribution in [2.24, 2.45) is 0 Å². The highest BCUT2D eigenvalue weighted by Gasteiger charge is 2.17. The van der Waals surface area contributed by atoms with E-state index >= 15 is 0 Å². The Morgan fingerprint density at radius 2 is 1.90 bits per heavy atom. The Hall–Kier alpha value is -2.21. The van der Waals surface area contributed by atoms with Gasteiger partial charge in [-0.3, -0.25) is 14.9 Å². The van der Waals surface area contributed by atoms with Gasteiger partial charge in [-0.25, -0.2) is 0 Å². The average Bonchev–Trinajstić information content (AvgIpc) is 2.46. The van der Waals surface area contributed by atoms with Gasteiger partial charge < -0.3 is 5.32 Å². The van der Waals surface area contributed by atoms with Gasteiger partial charge in [0.1, 0.15) is 0 Å². The quantitative estimate of drug-likeness (QED) is 0.677. The molecule has 0 aliphatic carbocycles. The van der Waals surface area contributed by atoms with Gasteiger partial charge in [0, 0.05) is 28.2 Å². The van der Waals surface area contributed by atoms with Crippen molar-refractivity contribution in [2.45, 2.75) is 13.5 Å². The lowest BCUT2D eigenvalue weighted by atomic mass is 10.1. The minimum absolute atomic E-state index is 0.0497. The molecule has 0 unspecified atom stereocenters. The summed E-state index contributed by atoms with van der Waals surface area (Å²) in [6.07, 6.45) is 0. The number of nitrogens with one attached hydrogen (secondary N) is 1. The number of hydrogen-bond donors (Lipinski definition) is 1. The number of nitro benzene ring substituents is 1. The van der Waals surface area contributed by atoms with Crippen molar-refractivity contribution < 1.29 is 9.72 Å². The third kappa shape index (κ3) is 3.66. The van der Waals surface area contributed by atoms with Gasteiger partial charge in [0.05, 0.1) is 4.92 Å². The molecule has 0 radical (unpaired) electrons. The van der Waals surface area contributed by atoms with Crippen molar-refractivity contribution in [3.8, 4) is 0 Å². The van der Waals surface area contributed by atoms with E-state index in [9.17, 15) is 14.9 Å². The number of rotatable bonds is 4. The largest absolute Gasteiger partial charge is 0.348 e. The van der Waals surface area contributed by atoms with Crippen LogP contribution in [-0.4, -0.2) is 10.8 Å². The van der Waals surface area contributed by atoms with Crippen molar-refractivity contribution in [1.82, 2.24) is 5.32 Å². The van der Waals surface area contributed by atoms with Gasteiger partial charge in [-0.15, -0.1) is 0 Å². The Balaban J connectivity index is 2.12. The van der Waals surface area contributed by atoms with E-state index in [2.05, 4.69) is 21.2 Å². The molecule has 0 aliphatic rings. The summed E-state index contributed by atoms with van der Waals surface area (Å²) in [6, 6.07) is 12.1. The second-order valence-corrected chi connectivity index (χ2v) is 5.43. The van der Waals surface area contributed by atoms with Crippen molar-refractivity contribution in [1.29, 1.82) is 0 Å². The van der Waals surface area contributed by atoms with Crippen LogP contribution in [0.4, 0.5) is 5.69 Å². The van der Waals surface area contributed by atoms with Crippen LogP contribution in [0, 0.1) is 17.0 Å². The van der Waals surface area contributed by atoms with Gasteiger partial charge in [0.25, 0.3) is 11.6 Å². The highest BCUT2D eigenvalue weighted by atomic mass is 79.9. The van der Waals surface area contributed by atoms with Crippen LogP contribution in [0.5, 0.6) is 0 Å². The number of benzene rings is 2. The molecule has 2 rings (SSSR count). The number of hydrogen-bond acceptors (Lipinski definition) is 3. The molecule has 6 heteroatoms. The predicted molar refractivity (Wildman–Crippen MR) is 83.1 cm³/mol. The third-order valence-corrected chi connectivity index (χ3v) is 3.64. The Morgan fingerprint density at radius 1 is 1.24 bits per heavy atom. The van der Waals surface area contributed by atoms with Crippen LogP contribution in [0.3, 0.4) is 0 Å². The molecule has 0 bridgehead atoms. The van der Waals surface area contributed by atoms with E-state index < -0.39 is 4.92 Å². The van der Waals surface area contributed by atoms with Gasteiger partial charge in [0.15, 0.2) is 0 Å². The molecule has 0 fully saturated rings. The molecule has 0 aromatic heterocycles. The maximum Gasteiger partial charge on any atom is 0.273 e. The number of nitro groups is 1. The van der Waals surface area contributed by atoms with Crippen LogP contribution >= 0.6 is 15.9 Å². The molecular weight excluding hydrogens is 336 g/mol. The minimum atomic E-state index is -0.485. The summed E-state index contributed by atoms with van der Waals surface area (Å²) < 4.78 is 0.965. The van der Waals surface area contributed by atoms with Crippen LogP contribution in [-0.2, 0) is 6.54 Å². The van der Waals surface area contributed by atoms with E-state index in [1.807, 2.05) is 24.3 Å². The van der Waals surface area contributed by atoms with Crippen LogP contribution in [0.1, 0.15) is 21.5 Å². The first-order chi connectivity index (χ1) is 9.99. The van der Waals surface area contributed by atoms with Crippen molar-refractivity contribution in [2.75, 3.05) is 0 Å². The Bertz CT molecular complexity index is 684. The molecule has 0 saturated heterocycles. The first kappa shape index (κ1) is 15.2. The van der Waals surface area contributed by atoms with Crippen LogP contribution in [0.15, 0.2) is 46.9 Å². The number of amides is 1. The fraction of sp³-hybridized carbons (Fsp3) is 0.133. The molecule has 5 nitrogen and oxygen atoms in total. The zero-order valence-electron chi connectivity index (χ0n) is 11.3. The number of halogens is 1. The first-order valence-electron chi connectivity index (χ1n) is 6.25. The highest BCUT2D eigenvalue weighted by molar-refractivity contribution is 9.10. The second kappa shape index (κ2) is 6.49. The summed E-state index contributed by atoms with van der Waals surface area (Å²) in [5.41, 5.74) is 1.60. The third-order valence-electron chi connectivity index (χ3n) is 3.11. The second-order valence-electron chi connectivity index (χ2n) is 4.52. The SMILES string of the molecule is Cc1c(C(=O)NCc2ccc(Br)cc2)cccc1[N+](=O)[O-]. The maximum atomic E-state index is 12.1. The van der Waals surface area contributed by atoms with Gasteiger partial charge >= 0.3 is 0 Å². The molecule has 108 valence electrons. The summed E-state index contributed by atoms with van der Waals surface area (Å²) >= 11 is 3.34. The topological polar surface area (TPSA) is 72.2 Å². The Kier molecular flexibility index (Phi) is 4.70. The fourth-order valence-corrected chi connectivity index (χ4v) is 2.21. The van der Waals surface area contributed by atoms with Gasteiger partial charge in [-0.1, -0.05) is 34.1 Å². The molecule has 0 aliphatic heterocycles. The average molecular weight is 349 g/mol. The van der Waals surface area contributed by atoms with Crippen molar-refractivity contribution >= 4 is 27.5 Å². The van der Waals surface area contributed by atoms with E-state index in [1.54, 1.807) is 13.0 Å². The molecular formula is C15H13BrN2O3. The monoisotopic (exact) mass is 348 g/mol. The zero-order valence-corrected chi connectivity index (χ0v) is 12.9. The van der Waals surface area contributed by atoms with Crippen LogP contribution < -0.4 is 5.32 Å². The van der Waals surface area contributed by atoms with E-state index in [4.69, 9.17) is 0 Å². The molecule has 0 atom stereocenters. The smallest absolute Gasteiger partial charge is 0.273 e. The Labute approximate surface area is 130 Å². The zero-order chi connectivity index (χ0) is 15.4. The van der Waals surface area contributed by atoms with Crippen molar-refractivity contribution in [3.63, 3.8) is 0 Å². The lowest BCUT2D eigenvalue weighted by molar-refractivity contribution is -0.385. The number of nitrogens with zero attached hydrogens (tertiary/aromatic N) is 1. The molecule has 0 heterocycles. The van der Waals surface area contributed by atoms with E-state index in [1.165, 1.54) is 12.1 Å². The number of carbonyl (C=O) groups excluding carboxylic acids is 1. The van der Waals surface area contributed by atoms with Crippen molar-refractivity contribution in [3.05, 3.63) is 73.7 Å². The fourth-order valence-electron chi connectivity index (χ4n) is 1.95. The summed E-state index contributed by atoms with van der Waals surface area (Å²) in [5, 5.41) is 13.6. The van der Waals surface area contributed by atoms with Gasteiger partial charge in [-0.2, -0.15) is 0 Å². The minimum Gasteiger partial charge on any atom is -0.348 e. The molecule has 0 saturated carbocycles. The van der Waals surface area contributed by atoms with Crippen LogP contribution in [0.2, 0.25) is 0 Å². The lowest BCUT2D eigenvalue weighted by Crippen LogP contribution is -2.23. The molecule has 1 N–H and O–H groups in total. The highest BCUT2D eigenvalue weighted by Crippen LogP contribution is 2.21. The lowest BCUT2D eigenvalue weighted by Gasteiger charge is -2.08. The predicted octanol–water partition coefficient (Wildman–Crippen LogP) is 3.60. The summed E-state index contributed by atoms with van der Waals surface area (Å²) in [6.45, 7) is 1.95.